The molecule has 0 saturated heterocycles. The maximum Gasteiger partial charge on any atom is 0.250 e. The van der Waals surface area contributed by atoms with Crippen LogP contribution in [0.3, 0.4) is 0 Å². The summed E-state index contributed by atoms with van der Waals surface area (Å²) in [6, 6.07) is 17.5. The summed E-state index contributed by atoms with van der Waals surface area (Å²) in [5.74, 6) is 3.63. The number of benzene rings is 2. The van der Waals surface area contributed by atoms with Crippen LogP contribution in [0.4, 0.5) is 17.1 Å². The van der Waals surface area contributed by atoms with Crippen LogP contribution in [0.5, 0.6) is 0 Å². The van der Waals surface area contributed by atoms with Gasteiger partial charge >= 0.3 is 0 Å². The highest BCUT2D eigenvalue weighted by molar-refractivity contribution is 6.17. The van der Waals surface area contributed by atoms with E-state index in [1.54, 1.807) is 9.91 Å². The highest BCUT2D eigenvalue weighted by Crippen LogP contribution is 2.57. The molecule has 5 aliphatic rings. The van der Waals surface area contributed by atoms with Crippen LogP contribution in [0.25, 0.3) is 0 Å². The molecule has 32 heavy (non-hydrogen) atoms. The van der Waals surface area contributed by atoms with Crippen LogP contribution in [0.2, 0.25) is 0 Å². The van der Waals surface area contributed by atoms with Gasteiger partial charge in [-0.3, -0.25) is 14.5 Å². The summed E-state index contributed by atoms with van der Waals surface area (Å²) in [5, 5.41) is 1.67. The van der Waals surface area contributed by atoms with E-state index in [2.05, 4.69) is 12.3 Å². The molecular formula is C27H31N3O2. The second kappa shape index (κ2) is 7.73. The number of fused-ring (bicyclic) bond motifs is 1. The lowest BCUT2D eigenvalue weighted by atomic mass is 9.50. The molecule has 2 aromatic rings. The normalized spacial score (nSPS) is 32.1. The molecule has 1 aliphatic heterocycles. The molecular weight excluding hydrogens is 398 g/mol. The number of nitrogens with one attached hydrogen (secondary N) is 1. The van der Waals surface area contributed by atoms with Crippen molar-refractivity contribution >= 4 is 28.9 Å². The Morgan fingerprint density at radius 2 is 1.38 bits per heavy atom. The summed E-state index contributed by atoms with van der Waals surface area (Å²) < 4.78 is 0. The number of amides is 2. The number of para-hydroxylation sites is 3. The van der Waals surface area contributed by atoms with E-state index < -0.39 is 0 Å². The van der Waals surface area contributed by atoms with Gasteiger partial charge in [-0.15, -0.1) is 0 Å². The number of nitrogens with zero attached hydrogens (tertiary/aromatic N) is 2. The van der Waals surface area contributed by atoms with E-state index >= 15 is 0 Å². The van der Waals surface area contributed by atoms with E-state index in [9.17, 15) is 9.59 Å². The van der Waals surface area contributed by atoms with Crippen molar-refractivity contribution < 1.29 is 9.59 Å². The van der Waals surface area contributed by atoms with Crippen LogP contribution >= 0.6 is 0 Å². The van der Waals surface area contributed by atoms with Gasteiger partial charge in [0, 0.05) is 11.7 Å². The lowest BCUT2D eigenvalue weighted by Crippen LogP contribution is -2.56. The maximum absolute atomic E-state index is 13.3. The van der Waals surface area contributed by atoms with Crippen molar-refractivity contribution in [1.82, 2.24) is 5.43 Å². The Morgan fingerprint density at radius 3 is 2.03 bits per heavy atom. The number of hydrogen-bond donors (Lipinski definition) is 1. The van der Waals surface area contributed by atoms with Gasteiger partial charge in [0.1, 0.15) is 6.42 Å². The Labute approximate surface area is 189 Å². The molecule has 4 saturated carbocycles. The van der Waals surface area contributed by atoms with E-state index in [0.29, 0.717) is 5.92 Å². The van der Waals surface area contributed by atoms with Gasteiger partial charge in [-0.25, -0.2) is 10.4 Å². The van der Waals surface area contributed by atoms with Crippen molar-refractivity contribution in [1.29, 1.82) is 0 Å². The van der Waals surface area contributed by atoms with Crippen molar-refractivity contribution in [3.8, 4) is 0 Å². The third kappa shape index (κ3) is 3.25. The maximum atomic E-state index is 13.3. The molecule has 5 heteroatoms. The third-order valence-electron chi connectivity index (χ3n) is 8.39. The van der Waals surface area contributed by atoms with Crippen molar-refractivity contribution in [2.45, 2.75) is 51.5 Å². The van der Waals surface area contributed by atoms with Gasteiger partial charge in [-0.2, -0.15) is 0 Å². The first-order chi connectivity index (χ1) is 15.6. The predicted molar refractivity (Wildman–Crippen MR) is 125 cm³/mol. The minimum absolute atomic E-state index is 0.148. The average Bonchev–Trinajstić information content (AvgIpc) is 2.87. The van der Waals surface area contributed by atoms with Gasteiger partial charge in [0.05, 0.1) is 11.4 Å². The predicted octanol–water partition coefficient (Wildman–Crippen LogP) is 5.05. The molecule has 1 heterocycles. The summed E-state index contributed by atoms with van der Waals surface area (Å²) in [7, 11) is 0. The van der Waals surface area contributed by atoms with E-state index in [1.165, 1.54) is 32.1 Å². The largest absolute Gasteiger partial charge is 0.278 e. The van der Waals surface area contributed by atoms with Gasteiger partial charge < -0.3 is 0 Å². The molecule has 4 aliphatic carbocycles. The SMILES string of the molecule is CC(NN1C(=O)CC(=O)N(c2ccccc2)c2ccccc21)C1C2CC3CC(C2)CC1C3. The van der Waals surface area contributed by atoms with E-state index in [4.69, 9.17) is 0 Å². The fourth-order valence-corrected chi connectivity index (χ4v) is 7.47. The molecule has 2 amide bonds. The third-order valence-corrected chi connectivity index (χ3v) is 8.39. The number of hydrazine groups is 1. The zero-order valence-corrected chi connectivity index (χ0v) is 18.6. The molecule has 1 N–H and O–H groups in total. The summed E-state index contributed by atoms with van der Waals surface area (Å²) in [4.78, 5) is 28.2. The molecule has 5 nitrogen and oxygen atoms in total. The molecule has 166 valence electrons. The number of hydrogen-bond acceptors (Lipinski definition) is 3. The number of rotatable bonds is 4. The monoisotopic (exact) mass is 429 g/mol. The second-order valence-electron chi connectivity index (χ2n) is 10.4. The highest BCUT2D eigenvalue weighted by atomic mass is 16.2. The Hall–Kier alpha value is -2.66. The molecule has 7 rings (SSSR count). The highest BCUT2D eigenvalue weighted by Gasteiger charge is 2.50. The van der Waals surface area contributed by atoms with Crippen molar-refractivity contribution in [2.24, 2.45) is 29.6 Å². The smallest absolute Gasteiger partial charge is 0.250 e. The van der Waals surface area contributed by atoms with Crippen molar-refractivity contribution in [2.75, 3.05) is 9.91 Å². The standard InChI is InChI=1S/C27H31N3O2/c1-17(27-20-12-18-11-19(14-20)15-21(27)13-18)28-30-24-10-6-5-9-23(24)29(25(31)16-26(30)32)22-7-3-2-4-8-22/h2-10,17-21,27-28H,11-16H2,1H3. The molecule has 4 bridgehead atoms. The van der Waals surface area contributed by atoms with E-state index in [0.717, 1.165) is 40.7 Å². The molecule has 0 spiro atoms. The molecule has 1 unspecified atom stereocenters. The first kappa shape index (κ1) is 20.0. The zero-order valence-electron chi connectivity index (χ0n) is 18.6. The topological polar surface area (TPSA) is 52.7 Å². The molecule has 0 radical (unpaired) electrons. The molecule has 4 fully saturated rings. The van der Waals surface area contributed by atoms with Crippen molar-refractivity contribution in [3.05, 3.63) is 54.6 Å². The minimum Gasteiger partial charge on any atom is -0.278 e. The van der Waals surface area contributed by atoms with Crippen LogP contribution in [-0.4, -0.2) is 17.9 Å². The Kier molecular flexibility index (Phi) is 4.83. The van der Waals surface area contributed by atoms with Gasteiger partial charge in [0.25, 0.3) is 5.91 Å². The summed E-state index contributed by atoms with van der Waals surface area (Å²) in [6.07, 6.45) is 6.72. The first-order valence-electron chi connectivity index (χ1n) is 12.1. The van der Waals surface area contributed by atoms with Crippen LogP contribution in [0.15, 0.2) is 54.6 Å². The quantitative estimate of drug-likeness (QED) is 0.692. The molecule has 2 aromatic carbocycles. The second-order valence-corrected chi connectivity index (χ2v) is 10.4. The molecule has 0 aromatic heterocycles. The summed E-state index contributed by atoms with van der Waals surface area (Å²) >= 11 is 0. The summed E-state index contributed by atoms with van der Waals surface area (Å²) in [5.41, 5.74) is 5.88. The number of carbonyl (C=O) groups excluding carboxylic acids is 2. The van der Waals surface area contributed by atoms with Gasteiger partial charge in [0.2, 0.25) is 5.91 Å². The fourth-order valence-electron chi connectivity index (χ4n) is 7.47. The Balaban J connectivity index is 1.32. The minimum atomic E-state index is -0.194. The Bertz CT molecular complexity index is 1010. The number of anilines is 3. The first-order valence-corrected chi connectivity index (χ1v) is 12.1. The summed E-state index contributed by atoms with van der Waals surface area (Å²) in [6.45, 7) is 2.24. The van der Waals surface area contributed by atoms with Crippen molar-refractivity contribution in [3.63, 3.8) is 0 Å². The average molecular weight is 430 g/mol. The van der Waals surface area contributed by atoms with Gasteiger partial charge in [-0.1, -0.05) is 30.3 Å². The Morgan fingerprint density at radius 1 is 0.781 bits per heavy atom. The van der Waals surface area contributed by atoms with Crippen LogP contribution < -0.4 is 15.3 Å². The van der Waals surface area contributed by atoms with Gasteiger partial charge in [0.15, 0.2) is 0 Å². The fraction of sp³-hybridized carbons (Fsp3) is 0.481. The van der Waals surface area contributed by atoms with E-state index in [-0.39, 0.29) is 24.3 Å². The lowest BCUT2D eigenvalue weighted by molar-refractivity contribution is -0.126. The lowest BCUT2D eigenvalue weighted by Gasteiger charge is -2.56. The zero-order chi connectivity index (χ0) is 21.8. The number of carbonyl (C=O) groups is 2. The molecule has 1 atom stereocenters. The van der Waals surface area contributed by atoms with Gasteiger partial charge in [-0.05, 0) is 92.9 Å². The van der Waals surface area contributed by atoms with E-state index in [1.807, 2.05) is 54.6 Å². The van der Waals surface area contributed by atoms with Crippen LogP contribution in [-0.2, 0) is 9.59 Å². The van der Waals surface area contributed by atoms with Crippen LogP contribution in [0.1, 0.15) is 45.4 Å². The van der Waals surface area contributed by atoms with Crippen LogP contribution in [0, 0.1) is 29.6 Å².